The minimum absolute atomic E-state index is 0. The van der Waals surface area contributed by atoms with Crippen molar-refractivity contribution in [2.75, 3.05) is 6.26 Å². The van der Waals surface area contributed by atoms with Gasteiger partial charge in [-0.15, -0.1) is 0 Å². The van der Waals surface area contributed by atoms with E-state index in [2.05, 4.69) is 0 Å². The van der Waals surface area contributed by atoms with Crippen molar-refractivity contribution in [3.8, 4) is 0 Å². The molecule has 0 saturated heterocycles. The van der Waals surface area contributed by atoms with E-state index < -0.39 is 10.1 Å². The van der Waals surface area contributed by atoms with Crippen molar-refractivity contribution >= 4 is 10.1 Å². The van der Waals surface area contributed by atoms with Crippen LogP contribution in [0.5, 0.6) is 0 Å². The zero-order valence-electron chi connectivity index (χ0n) is 3.35. The van der Waals surface area contributed by atoms with Gasteiger partial charge >= 0.3 is 0 Å². The largest absolute Gasteiger partial charge is 0.286 e. The molecule has 0 amide bonds. The molecule has 7 heavy (non-hydrogen) atoms. The first-order valence-corrected chi connectivity index (χ1v) is 2.77. The van der Waals surface area contributed by atoms with Crippen LogP contribution in [0.25, 0.3) is 0 Å². The number of rotatable bonds is 0. The first kappa shape index (κ1) is 15.7. The molecule has 0 bridgehead atoms. The molecule has 0 unspecified atom stereocenters. The summed E-state index contributed by atoms with van der Waals surface area (Å²) in [7, 11) is -3.67. The Bertz CT molecular complexity index is 98.1. The molecule has 0 aromatic rings. The molecule has 0 heterocycles. The molecule has 0 aromatic carbocycles. The third-order valence-corrected chi connectivity index (χ3v) is 0. The van der Waals surface area contributed by atoms with E-state index in [0.717, 1.165) is 0 Å². The van der Waals surface area contributed by atoms with Crippen LogP contribution in [0, 0.1) is 0 Å². The Labute approximate surface area is 51.7 Å². The standard InChI is InChI=1S/CH4O3S.Cu.F/c1-5(2,3)4;;/h1H3,(H,2,3,4);;. The van der Waals surface area contributed by atoms with Crippen molar-refractivity contribution in [1.29, 1.82) is 0 Å². The molecule has 0 atom stereocenters. The summed E-state index contributed by atoms with van der Waals surface area (Å²) in [5, 5.41) is 0. The molecule has 0 aromatic heterocycles. The summed E-state index contributed by atoms with van der Waals surface area (Å²) >= 11 is 0. The van der Waals surface area contributed by atoms with Gasteiger partial charge in [0.25, 0.3) is 10.1 Å². The molecule has 0 rings (SSSR count). The molecule has 0 aliphatic carbocycles. The van der Waals surface area contributed by atoms with Gasteiger partial charge in [0.05, 0.1) is 6.26 Å². The molecule has 0 fully saturated rings. The van der Waals surface area contributed by atoms with Gasteiger partial charge < -0.3 is 0 Å². The summed E-state index contributed by atoms with van der Waals surface area (Å²) in [5.41, 5.74) is 0. The normalized spacial score (nSPS) is 8.29. The topological polar surface area (TPSA) is 54.4 Å². The zero-order chi connectivity index (χ0) is 4.50. The van der Waals surface area contributed by atoms with Crippen LogP contribution in [0.1, 0.15) is 0 Å². The van der Waals surface area contributed by atoms with Crippen LogP contribution in [-0.2, 0) is 27.2 Å². The van der Waals surface area contributed by atoms with Crippen molar-refractivity contribution in [2.24, 2.45) is 0 Å². The maximum Gasteiger partial charge on any atom is 0.261 e. The van der Waals surface area contributed by atoms with Crippen molar-refractivity contribution in [3.05, 3.63) is 0 Å². The zero-order valence-corrected chi connectivity index (χ0v) is 5.11. The van der Waals surface area contributed by atoms with Gasteiger partial charge in [-0.3, -0.25) is 4.55 Å². The Morgan fingerprint density at radius 1 is 1.43 bits per heavy atom. The smallest absolute Gasteiger partial charge is 0.261 e. The molecule has 50 valence electrons. The van der Waals surface area contributed by atoms with E-state index in [1.165, 1.54) is 0 Å². The summed E-state index contributed by atoms with van der Waals surface area (Å²) in [6.45, 7) is 0. The fourth-order valence-electron chi connectivity index (χ4n) is 0. The number of halogens is 1. The minimum atomic E-state index is -3.67. The monoisotopic (exact) mass is 178 g/mol. The predicted octanol–water partition coefficient (Wildman–Crippen LogP) is -0.0783. The fourth-order valence-corrected chi connectivity index (χ4v) is 0. The van der Waals surface area contributed by atoms with Crippen molar-refractivity contribution in [2.45, 2.75) is 0 Å². The summed E-state index contributed by atoms with van der Waals surface area (Å²) in [5.74, 6) is 0. The van der Waals surface area contributed by atoms with Gasteiger partial charge in [-0.1, -0.05) is 0 Å². The SMILES string of the molecule is CS(=O)(=O)O.[Cu].[F]. The van der Waals surface area contributed by atoms with Gasteiger partial charge in [-0.05, 0) is 0 Å². The molecule has 0 spiro atoms. The second-order valence-corrected chi connectivity index (χ2v) is 2.20. The molecule has 3 nitrogen and oxygen atoms in total. The molecular weight excluding hydrogens is 175 g/mol. The van der Waals surface area contributed by atoms with Crippen molar-refractivity contribution < 1.29 is 34.7 Å². The first-order chi connectivity index (χ1) is 2.00. The van der Waals surface area contributed by atoms with E-state index >= 15 is 0 Å². The van der Waals surface area contributed by atoms with E-state index in [4.69, 9.17) is 4.55 Å². The van der Waals surface area contributed by atoms with Crippen LogP contribution in [0.3, 0.4) is 0 Å². The van der Waals surface area contributed by atoms with Crippen LogP contribution < -0.4 is 0 Å². The van der Waals surface area contributed by atoms with Crippen LogP contribution >= 0.6 is 0 Å². The molecule has 0 aliphatic heterocycles. The van der Waals surface area contributed by atoms with Gasteiger partial charge in [0.1, 0.15) is 0 Å². The van der Waals surface area contributed by atoms with Crippen molar-refractivity contribution in [1.82, 2.24) is 0 Å². The Morgan fingerprint density at radius 3 is 1.43 bits per heavy atom. The molecule has 6 heteroatoms. The van der Waals surface area contributed by atoms with E-state index in [9.17, 15) is 8.42 Å². The molecular formula is CH4CuFO3S. The Hall–Kier alpha value is 0.359. The van der Waals surface area contributed by atoms with Crippen LogP contribution in [-0.4, -0.2) is 19.2 Å². The Kier molecular flexibility index (Phi) is 10.1. The second-order valence-electron chi connectivity index (χ2n) is 0.733. The van der Waals surface area contributed by atoms with Crippen LogP contribution in [0.4, 0.5) is 4.70 Å². The Balaban J connectivity index is -0.0000000800. The number of hydrogen-bond donors (Lipinski definition) is 1. The quantitative estimate of drug-likeness (QED) is 0.417. The summed E-state index contributed by atoms with van der Waals surface area (Å²) in [6, 6.07) is 0. The third kappa shape index (κ3) is 935. The first-order valence-electron chi connectivity index (χ1n) is 0.924. The van der Waals surface area contributed by atoms with E-state index in [1.807, 2.05) is 0 Å². The van der Waals surface area contributed by atoms with E-state index in [0.29, 0.717) is 6.26 Å². The average molecular weight is 179 g/mol. The van der Waals surface area contributed by atoms with Crippen molar-refractivity contribution in [3.63, 3.8) is 0 Å². The van der Waals surface area contributed by atoms with Gasteiger partial charge in [0, 0.05) is 21.8 Å². The fraction of sp³-hybridized carbons (Fsp3) is 1.00. The van der Waals surface area contributed by atoms with Gasteiger partial charge in [-0.25, -0.2) is 0 Å². The molecule has 2 radical (unpaired) electrons. The maximum absolute atomic E-state index is 9.19. The predicted molar refractivity (Wildman–Crippen MR) is 18.6 cm³/mol. The average Bonchev–Trinajstić information content (AvgIpc) is 0.722. The minimum Gasteiger partial charge on any atom is -0.286 e. The molecule has 1 N–H and O–H groups in total. The Morgan fingerprint density at radius 2 is 1.43 bits per heavy atom. The summed E-state index contributed by atoms with van der Waals surface area (Å²) < 4.78 is 25.9. The van der Waals surface area contributed by atoms with Crippen LogP contribution in [0.15, 0.2) is 0 Å². The molecule has 0 saturated carbocycles. The third-order valence-electron chi connectivity index (χ3n) is 0. The summed E-state index contributed by atoms with van der Waals surface area (Å²) in [4.78, 5) is 0. The van der Waals surface area contributed by atoms with Crippen LogP contribution in [0.2, 0.25) is 0 Å². The maximum atomic E-state index is 9.19. The van der Waals surface area contributed by atoms with E-state index in [-0.39, 0.29) is 21.8 Å². The van der Waals surface area contributed by atoms with Gasteiger partial charge in [0.15, 0.2) is 0 Å². The van der Waals surface area contributed by atoms with Gasteiger partial charge in [-0.2, -0.15) is 8.42 Å². The van der Waals surface area contributed by atoms with E-state index in [1.54, 1.807) is 0 Å². The molecule has 0 aliphatic rings. The second kappa shape index (κ2) is 4.52. The summed E-state index contributed by atoms with van der Waals surface area (Å²) in [6.07, 6.45) is 0.715. The van der Waals surface area contributed by atoms with Gasteiger partial charge in [0.2, 0.25) is 0 Å². The number of hydrogen-bond acceptors (Lipinski definition) is 2.